The highest BCUT2D eigenvalue weighted by Crippen LogP contribution is 2.28. The molecule has 0 atom stereocenters. The van der Waals surface area contributed by atoms with E-state index in [2.05, 4.69) is 21.0 Å². The van der Waals surface area contributed by atoms with Gasteiger partial charge in [-0.05, 0) is 13.0 Å². The van der Waals surface area contributed by atoms with Crippen LogP contribution >= 0.6 is 0 Å². The number of halogens is 3. The highest BCUT2D eigenvalue weighted by atomic mass is 19.4. The topological polar surface area (TPSA) is 43.9 Å². The van der Waals surface area contributed by atoms with E-state index >= 15 is 0 Å². The summed E-state index contributed by atoms with van der Waals surface area (Å²) in [5, 5.41) is 6.82. The molecule has 0 aromatic carbocycles. The third kappa shape index (κ3) is 1.72. The lowest BCUT2D eigenvalue weighted by atomic mass is 10.4. The monoisotopic (exact) mass is 216 g/mol. The van der Waals surface area contributed by atoms with E-state index in [0.717, 1.165) is 10.7 Å². The summed E-state index contributed by atoms with van der Waals surface area (Å²) in [4.78, 5) is 0. The van der Waals surface area contributed by atoms with Crippen molar-refractivity contribution in [3.05, 3.63) is 29.8 Å². The van der Waals surface area contributed by atoms with Crippen molar-refractivity contribution < 1.29 is 17.7 Å². The van der Waals surface area contributed by atoms with Crippen molar-refractivity contribution in [3.8, 4) is 5.82 Å². The lowest BCUT2D eigenvalue weighted by molar-refractivity contribution is -0.141. The Bertz CT molecular complexity index is 458. The zero-order valence-electron chi connectivity index (χ0n) is 7.54. The fraction of sp³-hybridized carbons (Fsp3) is 0.250. The first-order valence-corrected chi connectivity index (χ1v) is 3.95. The third-order valence-corrected chi connectivity index (χ3v) is 1.77. The maximum Gasteiger partial charge on any atom is 0.435 e. The van der Waals surface area contributed by atoms with E-state index in [9.17, 15) is 13.2 Å². The lowest BCUT2D eigenvalue weighted by Crippen LogP contribution is -2.07. The summed E-state index contributed by atoms with van der Waals surface area (Å²) < 4.78 is 42.3. The molecule has 0 unspecified atom stereocenters. The first-order valence-electron chi connectivity index (χ1n) is 3.95. The standard InChI is InChI=1S/C8H5F3N3O/c1-5-4-6(8(9,10)11)12-14(5)7-2-3-15-13-7/h2,4H,1H3. The summed E-state index contributed by atoms with van der Waals surface area (Å²) in [7, 11) is 0. The molecule has 0 spiro atoms. The van der Waals surface area contributed by atoms with Crippen LogP contribution in [0.15, 0.2) is 16.7 Å². The number of hydrogen-bond acceptors (Lipinski definition) is 3. The van der Waals surface area contributed by atoms with Crippen LogP contribution in [0.2, 0.25) is 0 Å². The number of aromatic nitrogens is 3. The van der Waals surface area contributed by atoms with Gasteiger partial charge in [-0.3, -0.25) is 0 Å². The average molecular weight is 216 g/mol. The van der Waals surface area contributed by atoms with Crippen molar-refractivity contribution in [1.82, 2.24) is 14.9 Å². The van der Waals surface area contributed by atoms with Crippen LogP contribution in [-0.4, -0.2) is 14.9 Å². The number of nitrogens with zero attached hydrogens (tertiary/aromatic N) is 3. The maximum absolute atomic E-state index is 12.3. The van der Waals surface area contributed by atoms with Gasteiger partial charge >= 0.3 is 6.18 Å². The van der Waals surface area contributed by atoms with E-state index in [-0.39, 0.29) is 5.82 Å². The van der Waals surface area contributed by atoms with E-state index in [1.54, 1.807) is 0 Å². The molecule has 0 fully saturated rings. The van der Waals surface area contributed by atoms with Gasteiger partial charge in [-0.1, -0.05) is 5.16 Å². The van der Waals surface area contributed by atoms with Crippen molar-refractivity contribution in [2.24, 2.45) is 0 Å². The molecule has 0 N–H and O–H groups in total. The van der Waals surface area contributed by atoms with Crippen LogP contribution in [0.1, 0.15) is 11.4 Å². The molecule has 0 saturated carbocycles. The quantitative estimate of drug-likeness (QED) is 0.732. The largest absolute Gasteiger partial charge is 0.435 e. The number of rotatable bonds is 1. The summed E-state index contributed by atoms with van der Waals surface area (Å²) in [6, 6.07) is 2.24. The van der Waals surface area contributed by atoms with Gasteiger partial charge < -0.3 is 4.52 Å². The summed E-state index contributed by atoms with van der Waals surface area (Å²) in [6.07, 6.45) is -2.18. The number of hydrogen-bond donors (Lipinski definition) is 0. The minimum atomic E-state index is -4.45. The molecule has 0 aliphatic carbocycles. The van der Waals surface area contributed by atoms with Crippen LogP contribution in [0.5, 0.6) is 0 Å². The van der Waals surface area contributed by atoms with Gasteiger partial charge in [-0.2, -0.15) is 18.3 Å². The Hall–Kier alpha value is -1.79. The number of aryl methyl sites for hydroxylation is 1. The van der Waals surface area contributed by atoms with Gasteiger partial charge in [-0.15, -0.1) is 0 Å². The predicted octanol–water partition coefficient (Wildman–Crippen LogP) is 1.99. The molecule has 1 radical (unpaired) electrons. The average Bonchev–Trinajstić information content (AvgIpc) is 2.69. The molecule has 7 heteroatoms. The van der Waals surface area contributed by atoms with E-state index in [0.29, 0.717) is 5.69 Å². The van der Waals surface area contributed by atoms with E-state index in [1.165, 1.54) is 13.0 Å². The molecular weight excluding hydrogens is 211 g/mol. The fourth-order valence-corrected chi connectivity index (χ4v) is 1.12. The molecule has 0 aliphatic rings. The summed E-state index contributed by atoms with van der Waals surface area (Å²) >= 11 is 0. The Morgan fingerprint density at radius 3 is 2.67 bits per heavy atom. The van der Waals surface area contributed by atoms with Crippen molar-refractivity contribution in [1.29, 1.82) is 0 Å². The molecule has 2 aromatic heterocycles. The molecule has 15 heavy (non-hydrogen) atoms. The van der Waals surface area contributed by atoms with E-state index < -0.39 is 11.9 Å². The van der Waals surface area contributed by atoms with Gasteiger partial charge in [0.15, 0.2) is 11.5 Å². The van der Waals surface area contributed by atoms with Crippen LogP contribution in [0.25, 0.3) is 5.82 Å². The smallest absolute Gasteiger partial charge is 0.351 e. The Labute approximate surface area is 82.3 Å². The minimum absolute atomic E-state index is 0.169. The maximum atomic E-state index is 12.3. The molecular formula is C8H5F3N3O. The van der Waals surface area contributed by atoms with Crippen LogP contribution < -0.4 is 0 Å². The number of alkyl halides is 3. The molecule has 2 rings (SSSR count). The summed E-state index contributed by atoms with van der Waals surface area (Å²) in [5.74, 6) is 0.169. The molecule has 2 aromatic rings. The molecule has 4 nitrogen and oxygen atoms in total. The SMILES string of the molecule is Cc1cc(C(F)(F)F)nn1-c1c[c]on1. The second-order valence-corrected chi connectivity index (χ2v) is 2.88. The van der Waals surface area contributed by atoms with Gasteiger partial charge in [-0.25, -0.2) is 4.68 Å². The van der Waals surface area contributed by atoms with Crippen molar-refractivity contribution in [2.45, 2.75) is 13.1 Å². The second-order valence-electron chi connectivity index (χ2n) is 2.88. The molecule has 0 bridgehead atoms. The third-order valence-electron chi connectivity index (χ3n) is 1.77. The van der Waals surface area contributed by atoms with Gasteiger partial charge in [0.05, 0.1) is 0 Å². The van der Waals surface area contributed by atoms with Crippen molar-refractivity contribution in [3.63, 3.8) is 0 Å². The first-order chi connectivity index (χ1) is 6.98. The fourth-order valence-electron chi connectivity index (χ4n) is 1.12. The Kier molecular flexibility index (Phi) is 2.02. The van der Waals surface area contributed by atoms with Crippen molar-refractivity contribution >= 4 is 0 Å². The minimum Gasteiger partial charge on any atom is -0.351 e. The summed E-state index contributed by atoms with van der Waals surface area (Å²) in [6.45, 7) is 1.50. The van der Waals surface area contributed by atoms with Crippen LogP contribution in [-0.2, 0) is 6.18 Å². The van der Waals surface area contributed by atoms with Gasteiger partial charge in [0.1, 0.15) is 0 Å². The van der Waals surface area contributed by atoms with E-state index in [4.69, 9.17) is 0 Å². The molecule has 0 amide bonds. The van der Waals surface area contributed by atoms with Crippen molar-refractivity contribution in [2.75, 3.05) is 0 Å². The van der Waals surface area contributed by atoms with Crippen LogP contribution in [0, 0.1) is 13.2 Å². The zero-order valence-corrected chi connectivity index (χ0v) is 7.54. The second kappa shape index (κ2) is 3.11. The lowest BCUT2D eigenvalue weighted by Gasteiger charge is -2.00. The summed E-state index contributed by atoms with van der Waals surface area (Å²) in [5.41, 5.74) is -0.632. The highest BCUT2D eigenvalue weighted by molar-refractivity contribution is 5.23. The normalized spacial score (nSPS) is 12.0. The molecule has 0 aliphatic heterocycles. The van der Waals surface area contributed by atoms with Gasteiger partial charge in [0.25, 0.3) is 0 Å². The Morgan fingerprint density at radius 2 is 2.20 bits per heavy atom. The highest BCUT2D eigenvalue weighted by Gasteiger charge is 2.34. The van der Waals surface area contributed by atoms with Gasteiger partial charge in [0.2, 0.25) is 6.26 Å². The molecule has 2 heterocycles. The predicted molar refractivity (Wildman–Crippen MR) is 42.2 cm³/mol. The Morgan fingerprint density at radius 1 is 1.47 bits per heavy atom. The van der Waals surface area contributed by atoms with Crippen LogP contribution in [0.4, 0.5) is 13.2 Å². The Balaban J connectivity index is 2.47. The molecule has 0 saturated heterocycles. The van der Waals surface area contributed by atoms with Gasteiger partial charge in [0, 0.05) is 11.8 Å². The van der Waals surface area contributed by atoms with Crippen LogP contribution in [0.3, 0.4) is 0 Å². The first kappa shape index (κ1) is 9.75. The molecule has 79 valence electrons. The van der Waals surface area contributed by atoms with E-state index in [1.807, 2.05) is 0 Å². The zero-order chi connectivity index (χ0) is 11.1.